The van der Waals surface area contributed by atoms with E-state index in [9.17, 15) is 9.59 Å². The van der Waals surface area contributed by atoms with Crippen molar-refractivity contribution < 1.29 is 23.8 Å². The standard InChI is InChI=1S/C17H15ClN2O5/c18-13-5-11(6-14-15(13)25-9-24-14)8-23-16(21)12-3-1-10(2-4-12)7-20-17(19)22/h1-6H,7-9H2,(H3,19,20,22). The Hall–Kier alpha value is -2.93. The smallest absolute Gasteiger partial charge is 0.338 e. The molecule has 0 aliphatic carbocycles. The lowest BCUT2D eigenvalue weighted by molar-refractivity contribution is 0.0472. The zero-order valence-corrected chi connectivity index (χ0v) is 13.8. The average molecular weight is 363 g/mol. The van der Waals surface area contributed by atoms with E-state index in [0.717, 1.165) is 5.56 Å². The summed E-state index contributed by atoms with van der Waals surface area (Å²) in [5, 5.41) is 2.88. The van der Waals surface area contributed by atoms with Crippen LogP contribution in [0.25, 0.3) is 0 Å². The molecule has 2 aromatic carbocycles. The molecule has 0 unspecified atom stereocenters. The predicted molar refractivity (Wildman–Crippen MR) is 89.6 cm³/mol. The van der Waals surface area contributed by atoms with Gasteiger partial charge in [-0.3, -0.25) is 0 Å². The van der Waals surface area contributed by atoms with Gasteiger partial charge in [0.15, 0.2) is 11.5 Å². The zero-order chi connectivity index (χ0) is 17.8. The van der Waals surface area contributed by atoms with E-state index in [1.165, 1.54) is 0 Å². The quantitative estimate of drug-likeness (QED) is 0.796. The second-order valence-corrected chi connectivity index (χ2v) is 5.71. The molecule has 0 saturated heterocycles. The number of halogens is 1. The van der Waals surface area contributed by atoms with E-state index in [4.69, 9.17) is 31.5 Å². The third-order valence-corrected chi connectivity index (χ3v) is 3.79. The Morgan fingerprint density at radius 1 is 1.16 bits per heavy atom. The van der Waals surface area contributed by atoms with Gasteiger partial charge in [0.1, 0.15) is 6.61 Å². The minimum absolute atomic E-state index is 0.0557. The lowest BCUT2D eigenvalue weighted by atomic mass is 10.1. The van der Waals surface area contributed by atoms with E-state index in [-0.39, 0.29) is 13.4 Å². The summed E-state index contributed by atoms with van der Waals surface area (Å²) in [6.45, 7) is 0.468. The van der Waals surface area contributed by atoms with Gasteiger partial charge in [-0.05, 0) is 35.4 Å². The lowest BCUT2D eigenvalue weighted by Crippen LogP contribution is -2.28. The van der Waals surface area contributed by atoms with Crippen LogP contribution >= 0.6 is 11.6 Å². The summed E-state index contributed by atoms with van der Waals surface area (Å²) in [6, 6.07) is 9.44. The van der Waals surface area contributed by atoms with Crippen molar-refractivity contribution in [2.45, 2.75) is 13.2 Å². The number of carbonyl (C=O) groups is 2. The number of nitrogens with one attached hydrogen (secondary N) is 1. The highest BCUT2D eigenvalue weighted by atomic mass is 35.5. The number of amides is 2. The van der Waals surface area contributed by atoms with E-state index in [1.807, 2.05) is 0 Å². The summed E-state index contributed by atoms with van der Waals surface area (Å²) in [7, 11) is 0. The van der Waals surface area contributed by atoms with Crippen molar-refractivity contribution in [2.75, 3.05) is 6.79 Å². The van der Waals surface area contributed by atoms with Crippen molar-refractivity contribution >= 4 is 23.6 Å². The summed E-state index contributed by atoms with van der Waals surface area (Å²) in [6.07, 6.45) is 0. The molecule has 3 N–H and O–H groups in total. The van der Waals surface area contributed by atoms with Crippen LogP contribution in [0.4, 0.5) is 4.79 Å². The first-order chi connectivity index (χ1) is 12.0. The van der Waals surface area contributed by atoms with Crippen LogP contribution in [-0.2, 0) is 17.9 Å². The molecule has 0 saturated carbocycles. The number of benzene rings is 2. The minimum atomic E-state index is -0.606. The van der Waals surface area contributed by atoms with Gasteiger partial charge in [-0.1, -0.05) is 23.7 Å². The molecule has 0 bridgehead atoms. The molecule has 0 fully saturated rings. The van der Waals surface area contributed by atoms with Gasteiger partial charge in [-0.15, -0.1) is 0 Å². The molecular weight excluding hydrogens is 348 g/mol. The first kappa shape index (κ1) is 16.9. The van der Waals surface area contributed by atoms with Gasteiger partial charge in [-0.25, -0.2) is 9.59 Å². The second kappa shape index (κ2) is 7.31. The van der Waals surface area contributed by atoms with Gasteiger partial charge < -0.3 is 25.3 Å². The molecule has 130 valence electrons. The number of hydrogen-bond donors (Lipinski definition) is 2. The van der Waals surface area contributed by atoms with E-state index < -0.39 is 12.0 Å². The van der Waals surface area contributed by atoms with E-state index in [2.05, 4.69) is 5.32 Å². The van der Waals surface area contributed by atoms with Crippen LogP contribution in [0.3, 0.4) is 0 Å². The van der Waals surface area contributed by atoms with Crippen molar-refractivity contribution in [2.24, 2.45) is 5.73 Å². The fourth-order valence-electron chi connectivity index (χ4n) is 2.28. The Labute approximate surface area is 148 Å². The number of ether oxygens (including phenoxy) is 3. The van der Waals surface area contributed by atoms with Gasteiger partial charge in [0.2, 0.25) is 6.79 Å². The van der Waals surface area contributed by atoms with Crippen molar-refractivity contribution in [3.05, 3.63) is 58.1 Å². The first-order valence-corrected chi connectivity index (χ1v) is 7.78. The topological polar surface area (TPSA) is 99.9 Å². The molecule has 0 aromatic heterocycles. The molecular formula is C17H15ClN2O5. The van der Waals surface area contributed by atoms with Crippen LogP contribution in [-0.4, -0.2) is 18.8 Å². The minimum Gasteiger partial charge on any atom is -0.457 e. The van der Waals surface area contributed by atoms with Crippen LogP contribution in [0.2, 0.25) is 5.02 Å². The number of rotatable bonds is 5. The monoisotopic (exact) mass is 362 g/mol. The molecule has 8 heteroatoms. The number of nitrogens with two attached hydrogens (primary N) is 1. The maximum atomic E-state index is 12.1. The third kappa shape index (κ3) is 4.13. The van der Waals surface area contributed by atoms with Crippen molar-refractivity contribution in [1.29, 1.82) is 0 Å². The maximum absolute atomic E-state index is 12.1. The highest BCUT2D eigenvalue weighted by Crippen LogP contribution is 2.39. The summed E-state index contributed by atoms with van der Waals surface area (Å²) in [5.74, 6) is 0.560. The molecule has 25 heavy (non-hydrogen) atoms. The zero-order valence-electron chi connectivity index (χ0n) is 13.1. The van der Waals surface area contributed by atoms with Gasteiger partial charge in [0.25, 0.3) is 0 Å². The number of esters is 1. The highest BCUT2D eigenvalue weighted by Gasteiger charge is 2.19. The Bertz CT molecular complexity index is 807. The molecule has 1 aliphatic heterocycles. The molecule has 2 amide bonds. The molecule has 1 aliphatic rings. The molecule has 0 radical (unpaired) electrons. The van der Waals surface area contributed by atoms with Gasteiger partial charge >= 0.3 is 12.0 Å². The number of hydrogen-bond acceptors (Lipinski definition) is 5. The Kier molecular flexibility index (Phi) is 4.95. The Balaban J connectivity index is 1.59. The number of fused-ring (bicyclic) bond motifs is 1. The fraction of sp³-hybridized carbons (Fsp3) is 0.176. The van der Waals surface area contributed by atoms with Gasteiger partial charge in [0.05, 0.1) is 10.6 Å². The Morgan fingerprint density at radius 2 is 1.92 bits per heavy atom. The van der Waals surface area contributed by atoms with Crippen molar-refractivity contribution in [1.82, 2.24) is 5.32 Å². The predicted octanol–water partition coefficient (Wildman–Crippen LogP) is 2.59. The van der Waals surface area contributed by atoms with Gasteiger partial charge in [-0.2, -0.15) is 0 Å². The summed E-state index contributed by atoms with van der Waals surface area (Å²) < 4.78 is 15.8. The number of primary amides is 1. The normalized spacial score (nSPS) is 11.9. The van der Waals surface area contributed by atoms with Crippen LogP contribution in [0, 0.1) is 0 Å². The molecule has 0 atom stereocenters. The molecule has 1 heterocycles. The summed E-state index contributed by atoms with van der Waals surface area (Å²) in [4.78, 5) is 22.8. The van der Waals surface area contributed by atoms with E-state index in [0.29, 0.717) is 34.2 Å². The maximum Gasteiger partial charge on any atom is 0.338 e. The number of urea groups is 1. The van der Waals surface area contributed by atoms with Crippen molar-refractivity contribution in [3.63, 3.8) is 0 Å². The lowest BCUT2D eigenvalue weighted by Gasteiger charge is -2.08. The van der Waals surface area contributed by atoms with Crippen LogP contribution < -0.4 is 20.5 Å². The third-order valence-electron chi connectivity index (χ3n) is 3.51. The SMILES string of the molecule is NC(=O)NCc1ccc(C(=O)OCc2cc(Cl)c3c(c2)OCO3)cc1. The largest absolute Gasteiger partial charge is 0.457 e. The molecule has 2 aromatic rings. The van der Waals surface area contributed by atoms with Crippen LogP contribution in [0.1, 0.15) is 21.5 Å². The average Bonchev–Trinajstić information content (AvgIpc) is 3.07. The number of carbonyl (C=O) groups excluding carboxylic acids is 2. The van der Waals surface area contributed by atoms with Gasteiger partial charge in [0, 0.05) is 6.54 Å². The van der Waals surface area contributed by atoms with Crippen LogP contribution in [0.15, 0.2) is 36.4 Å². The summed E-state index contributed by atoms with van der Waals surface area (Å²) in [5.41, 5.74) is 6.92. The molecule has 3 rings (SSSR count). The molecule has 7 nitrogen and oxygen atoms in total. The summed E-state index contributed by atoms with van der Waals surface area (Å²) >= 11 is 6.09. The van der Waals surface area contributed by atoms with E-state index in [1.54, 1.807) is 36.4 Å². The van der Waals surface area contributed by atoms with E-state index >= 15 is 0 Å². The molecule has 0 spiro atoms. The fourth-order valence-corrected chi connectivity index (χ4v) is 2.57. The van der Waals surface area contributed by atoms with Crippen LogP contribution in [0.5, 0.6) is 11.5 Å². The van der Waals surface area contributed by atoms with Crippen molar-refractivity contribution in [3.8, 4) is 11.5 Å². The highest BCUT2D eigenvalue weighted by molar-refractivity contribution is 6.32. The second-order valence-electron chi connectivity index (χ2n) is 5.30. The first-order valence-electron chi connectivity index (χ1n) is 7.40. The Morgan fingerprint density at radius 3 is 2.64 bits per heavy atom.